The van der Waals surface area contributed by atoms with Gasteiger partial charge in [-0.1, -0.05) is 6.07 Å². The molecule has 0 aromatic heterocycles. The van der Waals surface area contributed by atoms with Gasteiger partial charge < -0.3 is 19.9 Å². The van der Waals surface area contributed by atoms with E-state index in [2.05, 4.69) is 0 Å². The first-order valence-corrected chi connectivity index (χ1v) is 7.43. The summed E-state index contributed by atoms with van der Waals surface area (Å²) in [6.45, 7) is 3.71. The van der Waals surface area contributed by atoms with Crippen molar-refractivity contribution in [1.29, 1.82) is 0 Å². The third-order valence-corrected chi connectivity index (χ3v) is 3.63. The van der Waals surface area contributed by atoms with E-state index in [1.165, 1.54) is 0 Å². The van der Waals surface area contributed by atoms with Gasteiger partial charge in [0.05, 0.1) is 6.61 Å². The normalized spacial score (nSPS) is 15.7. The lowest BCUT2D eigenvalue weighted by Crippen LogP contribution is -2.18. The molecular formula is C16H23NO4. The van der Waals surface area contributed by atoms with Gasteiger partial charge in [0.2, 0.25) is 0 Å². The van der Waals surface area contributed by atoms with E-state index in [0.717, 1.165) is 38.0 Å². The fraction of sp³-hybridized carbons (Fsp3) is 0.562. The molecule has 0 radical (unpaired) electrons. The van der Waals surface area contributed by atoms with Crippen LogP contribution in [0.2, 0.25) is 0 Å². The summed E-state index contributed by atoms with van der Waals surface area (Å²) in [5.74, 6) is 0.853. The summed E-state index contributed by atoms with van der Waals surface area (Å²) in [5.41, 5.74) is 7.92. The molecule has 0 spiro atoms. The molecule has 0 amide bonds. The van der Waals surface area contributed by atoms with Gasteiger partial charge in [-0.15, -0.1) is 0 Å². The molecule has 1 heterocycles. The van der Waals surface area contributed by atoms with Crippen LogP contribution in [0.25, 0.3) is 0 Å². The van der Waals surface area contributed by atoms with Crippen LogP contribution < -0.4 is 10.5 Å². The third kappa shape index (κ3) is 4.93. The van der Waals surface area contributed by atoms with E-state index in [1.54, 1.807) is 13.0 Å². The largest absolute Gasteiger partial charge is 0.482 e. The standard InChI is InChI=1S/C16H23NO4/c1-2-20-16(18)11-21-14-4-3-13(15(17)10-14)9-12-5-7-19-8-6-12/h3-4,10,12H,2,5-9,11,17H2,1H3. The Morgan fingerprint density at radius 3 is 2.81 bits per heavy atom. The summed E-state index contributed by atoms with van der Waals surface area (Å²) in [4.78, 5) is 11.2. The van der Waals surface area contributed by atoms with E-state index in [9.17, 15) is 4.79 Å². The summed E-state index contributed by atoms with van der Waals surface area (Å²) in [6, 6.07) is 5.60. The average Bonchev–Trinajstić information content (AvgIpc) is 2.49. The molecule has 2 rings (SSSR count). The quantitative estimate of drug-likeness (QED) is 0.643. The highest BCUT2D eigenvalue weighted by Gasteiger charge is 2.15. The molecule has 1 aliphatic rings. The summed E-state index contributed by atoms with van der Waals surface area (Å²) in [7, 11) is 0. The number of rotatable bonds is 6. The molecule has 0 unspecified atom stereocenters. The molecule has 0 atom stereocenters. The van der Waals surface area contributed by atoms with Gasteiger partial charge in [-0.3, -0.25) is 0 Å². The Bertz CT molecular complexity index is 469. The second-order valence-corrected chi connectivity index (χ2v) is 5.21. The van der Waals surface area contributed by atoms with E-state index in [1.807, 2.05) is 12.1 Å². The van der Waals surface area contributed by atoms with Crippen molar-refractivity contribution in [3.63, 3.8) is 0 Å². The average molecular weight is 293 g/mol. The molecule has 0 aliphatic carbocycles. The van der Waals surface area contributed by atoms with E-state index in [4.69, 9.17) is 19.9 Å². The Kier molecular flexibility index (Phi) is 5.87. The molecular weight excluding hydrogens is 270 g/mol. The van der Waals surface area contributed by atoms with Gasteiger partial charge in [0.1, 0.15) is 5.75 Å². The monoisotopic (exact) mass is 293 g/mol. The topological polar surface area (TPSA) is 70.8 Å². The van der Waals surface area contributed by atoms with E-state index < -0.39 is 0 Å². The summed E-state index contributed by atoms with van der Waals surface area (Å²) in [6.07, 6.45) is 3.13. The molecule has 1 fully saturated rings. The second kappa shape index (κ2) is 7.88. The van der Waals surface area contributed by atoms with Crippen molar-refractivity contribution < 1.29 is 19.0 Å². The smallest absolute Gasteiger partial charge is 0.344 e. The predicted molar refractivity (Wildman–Crippen MR) is 80.2 cm³/mol. The van der Waals surface area contributed by atoms with Gasteiger partial charge >= 0.3 is 5.97 Å². The molecule has 0 saturated carbocycles. The van der Waals surface area contributed by atoms with Crippen LogP contribution >= 0.6 is 0 Å². The molecule has 2 N–H and O–H groups in total. The fourth-order valence-corrected chi connectivity index (χ4v) is 2.46. The number of anilines is 1. The number of nitrogens with two attached hydrogens (primary N) is 1. The predicted octanol–water partition coefficient (Wildman–Crippen LogP) is 2.18. The third-order valence-electron chi connectivity index (χ3n) is 3.63. The summed E-state index contributed by atoms with van der Waals surface area (Å²) in [5, 5.41) is 0. The van der Waals surface area contributed by atoms with Crippen LogP contribution in [-0.2, 0) is 20.7 Å². The second-order valence-electron chi connectivity index (χ2n) is 5.21. The molecule has 1 aliphatic heterocycles. The number of carbonyl (C=O) groups excluding carboxylic acids is 1. The van der Waals surface area contributed by atoms with Crippen molar-refractivity contribution in [1.82, 2.24) is 0 Å². The van der Waals surface area contributed by atoms with Gasteiger partial charge in [0.15, 0.2) is 6.61 Å². The van der Waals surface area contributed by atoms with Crippen LogP contribution in [0.3, 0.4) is 0 Å². The minimum absolute atomic E-state index is 0.0907. The Morgan fingerprint density at radius 1 is 1.38 bits per heavy atom. The van der Waals surface area contributed by atoms with E-state index in [-0.39, 0.29) is 12.6 Å². The number of ether oxygens (including phenoxy) is 3. The number of benzene rings is 1. The van der Waals surface area contributed by atoms with Crippen molar-refractivity contribution in [2.24, 2.45) is 5.92 Å². The minimum Gasteiger partial charge on any atom is -0.482 e. The van der Waals surface area contributed by atoms with Crippen LogP contribution in [0.5, 0.6) is 5.75 Å². The van der Waals surface area contributed by atoms with Crippen molar-refractivity contribution >= 4 is 11.7 Å². The van der Waals surface area contributed by atoms with E-state index >= 15 is 0 Å². The molecule has 1 saturated heterocycles. The number of nitrogen functional groups attached to an aromatic ring is 1. The SMILES string of the molecule is CCOC(=O)COc1ccc(CC2CCOCC2)c(N)c1. The lowest BCUT2D eigenvalue weighted by atomic mass is 9.92. The Labute approximate surface area is 125 Å². The Hall–Kier alpha value is -1.75. The van der Waals surface area contributed by atoms with Crippen LogP contribution in [0.1, 0.15) is 25.3 Å². The summed E-state index contributed by atoms with van der Waals surface area (Å²) >= 11 is 0. The molecule has 1 aromatic rings. The van der Waals surface area contributed by atoms with Crippen molar-refractivity contribution in [2.75, 3.05) is 32.2 Å². The molecule has 5 nitrogen and oxygen atoms in total. The first-order valence-electron chi connectivity index (χ1n) is 7.43. The van der Waals surface area contributed by atoms with Crippen LogP contribution in [0.4, 0.5) is 5.69 Å². The van der Waals surface area contributed by atoms with Gasteiger partial charge in [0, 0.05) is 25.0 Å². The zero-order chi connectivity index (χ0) is 15.1. The highest BCUT2D eigenvalue weighted by Crippen LogP contribution is 2.26. The minimum atomic E-state index is -0.373. The lowest BCUT2D eigenvalue weighted by molar-refractivity contribution is -0.145. The van der Waals surface area contributed by atoms with Crippen molar-refractivity contribution in [2.45, 2.75) is 26.2 Å². The van der Waals surface area contributed by atoms with Gasteiger partial charge in [0.25, 0.3) is 0 Å². The summed E-state index contributed by atoms with van der Waals surface area (Å²) < 4.78 is 15.5. The Morgan fingerprint density at radius 2 is 2.14 bits per heavy atom. The van der Waals surface area contributed by atoms with Crippen LogP contribution in [0.15, 0.2) is 18.2 Å². The Balaban J connectivity index is 1.89. The zero-order valence-corrected chi connectivity index (χ0v) is 12.5. The maximum atomic E-state index is 11.2. The van der Waals surface area contributed by atoms with E-state index in [0.29, 0.717) is 24.0 Å². The number of carbonyl (C=O) groups is 1. The first-order chi connectivity index (χ1) is 10.2. The maximum Gasteiger partial charge on any atom is 0.344 e. The zero-order valence-electron chi connectivity index (χ0n) is 12.5. The highest BCUT2D eigenvalue weighted by molar-refractivity contribution is 5.71. The van der Waals surface area contributed by atoms with Gasteiger partial charge in [-0.2, -0.15) is 0 Å². The highest BCUT2D eigenvalue weighted by atomic mass is 16.6. The van der Waals surface area contributed by atoms with Crippen LogP contribution in [0, 0.1) is 5.92 Å². The molecule has 116 valence electrons. The van der Waals surface area contributed by atoms with Crippen LogP contribution in [-0.4, -0.2) is 32.4 Å². The maximum absolute atomic E-state index is 11.2. The molecule has 0 bridgehead atoms. The van der Waals surface area contributed by atoms with Gasteiger partial charge in [-0.25, -0.2) is 4.79 Å². The molecule has 1 aromatic carbocycles. The first kappa shape index (κ1) is 15.6. The number of esters is 1. The number of hydrogen-bond acceptors (Lipinski definition) is 5. The van der Waals surface area contributed by atoms with Crippen molar-refractivity contribution in [3.8, 4) is 5.75 Å². The molecule has 5 heteroatoms. The number of hydrogen-bond donors (Lipinski definition) is 1. The lowest BCUT2D eigenvalue weighted by Gasteiger charge is -2.22. The fourth-order valence-electron chi connectivity index (χ4n) is 2.46. The van der Waals surface area contributed by atoms with Gasteiger partial charge in [-0.05, 0) is 43.7 Å². The van der Waals surface area contributed by atoms with Crippen molar-refractivity contribution in [3.05, 3.63) is 23.8 Å². The molecule has 21 heavy (non-hydrogen) atoms.